The van der Waals surface area contributed by atoms with E-state index in [2.05, 4.69) is 29.9 Å². The third-order valence-electron chi connectivity index (χ3n) is 7.23. The minimum atomic E-state index is -2.62. The molecule has 0 bridgehead atoms. The molecule has 0 amide bonds. The fourth-order valence-corrected chi connectivity index (χ4v) is 6.80. The van der Waals surface area contributed by atoms with Gasteiger partial charge in [0, 0.05) is 34.6 Å². The molecule has 12 nitrogen and oxygen atoms in total. The predicted octanol–water partition coefficient (Wildman–Crippen LogP) is 4.68. The van der Waals surface area contributed by atoms with Crippen molar-refractivity contribution in [1.82, 2.24) is 29.9 Å². The molecule has 0 saturated carbocycles. The number of fused-ring (bicyclic) bond motifs is 2. The first-order chi connectivity index (χ1) is 27.6. The van der Waals surface area contributed by atoms with Crippen LogP contribution >= 0.6 is 0 Å². The van der Waals surface area contributed by atoms with Crippen molar-refractivity contribution in [3.8, 4) is 23.0 Å². The smallest absolute Gasteiger partial charge is 0.612 e. The molecular formula is C34H36MgN6O6S2. The van der Waals surface area contributed by atoms with E-state index >= 15 is 0 Å². The van der Waals surface area contributed by atoms with Crippen molar-refractivity contribution in [2.24, 2.45) is 0 Å². The van der Waals surface area contributed by atoms with Crippen LogP contribution < -0.4 is 28.9 Å². The number of aromatic nitrogens is 6. The van der Waals surface area contributed by atoms with Crippen LogP contribution in [0.25, 0.3) is 22.1 Å². The van der Waals surface area contributed by atoms with E-state index in [0.717, 1.165) is 0 Å². The fraction of sp³-hybridized carbons (Fsp3) is 0.294. The van der Waals surface area contributed by atoms with Gasteiger partial charge in [0.15, 0.2) is 11.5 Å². The molecule has 2 aromatic carbocycles. The molecule has 2 atom stereocenters. The number of nitrogens with zero attached hydrogens (tertiary/aromatic N) is 6. The zero-order chi connectivity index (χ0) is 44.5. The minimum Gasteiger partial charge on any atom is -0.612 e. The Labute approximate surface area is 324 Å². The van der Waals surface area contributed by atoms with Crippen molar-refractivity contribution in [3.63, 3.8) is 0 Å². The molecule has 0 aliphatic carbocycles. The average Bonchev–Trinajstić information content (AvgIpc) is 3.73. The number of aryl methyl sites for hydroxylation is 2. The normalized spacial score (nSPS) is 16.8. The standard InChI is InChI=1S/2C17H18N3O3S.Mg/c2*1-10-8-18-15(11(2)16(10)23-4)9-24(21)17-19-13-6-5-12(22-3)7-14(13)20-17;/h2*5-8H,9H2,1-4H3;/q2*-1;+2/i2*3D3,4D3;. The van der Waals surface area contributed by atoms with Gasteiger partial charge in [0.1, 0.15) is 33.3 Å². The molecule has 6 aromatic rings. The maximum atomic E-state index is 12.8. The molecule has 252 valence electrons. The van der Waals surface area contributed by atoms with Crippen molar-refractivity contribution < 1.29 is 44.5 Å². The summed E-state index contributed by atoms with van der Waals surface area (Å²) in [5.41, 5.74) is 4.43. The zero-order valence-corrected chi connectivity index (χ0v) is 29.7. The third kappa shape index (κ3) is 8.53. The van der Waals surface area contributed by atoms with Crippen molar-refractivity contribution >= 4 is 67.5 Å². The molecule has 0 saturated heterocycles. The summed E-state index contributed by atoms with van der Waals surface area (Å²) >= 11 is -3.35. The van der Waals surface area contributed by atoms with Crippen LogP contribution in [0, 0.1) is 27.7 Å². The van der Waals surface area contributed by atoms with E-state index in [1.807, 2.05) is 0 Å². The molecule has 4 heterocycles. The Morgan fingerprint density at radius 1 is 0.653 bits per heavy atom. The third-order valence-corrected chi connectivity index (χ3v) is 9.48. The SMILES string of the molecule is [2H]C([2H])([2H])Oc1ccc2[n-]c([S+]([O-])Cc3ncc(C)c(OC([2H])([2H])[2H])c3C)nc2c1.[2H]C([2H])([2H])Oc1ccc2[n-]c([S+]([O-])Cc3ncc(C)c(OC([2H])([2H])[2H])c3C)nc2c1.[Mg+2]. The van der Waals surface area contributed by atoms with Gasteiger partial charge >= 0.3 is 23.1 Å². The largest absolute Gasteiger partial charge is 2.00 e. The Morgan fingerprint density at radius 3 is 1.45 bits per heavy atom. The second kappa shape index (κ2) is 16.8. The molecule has 15 heteroatoms. The first kappa shape index (κ1) is 24.4. The first-order valence-corrected chi connectivity index (χ1v) is 16.6. The van der Waals surface area contributed by atoms with E-state index in [-0.39, 0.29) is 67.9 Å². The van der Waals surface area contributed by atoms with Crippen LogP contribution in [0.4, 0.5) is 0 Å². The second-order valence-electron chi connectivity index (χ2n) is 10.4. The maximum absolute atomic E-state index is 12.8. The molecule has 0 radical (unpaired) electrons. The molecule has 49 heavy (non-hydrogen) atoms. The Kier molecular flexibility index (Phi) is 8.36. The van der Waals surface area contributed by atoms with Gasteiger partial charge in [-0.25, -0.2) is 0 Å². The van der Waals surface area contributed by atoms with Crippen LogP contribution in [0.15, 0.2) is 59.1 Å². The Morgan fingerprint density at radius 2 is 1.06 bits per heavy atom. The Bertz CT molecular complexity index is 2310. The van der Waals surface area contributed by atoms with Gasteiger partial charge in [-0.3, -0.25) is 9.97 Å². The number of rotatable bonds is 10. The zero-order valence-electron chi connectivity index (χ0n) is 38.7. The molecule has 6 rings (SSSR count). The number of pyridine rings is 2. The van der Waals surface area contributed by atoms with Crippen molar-refractivity contribution in [3.05, 3.63) is 82.4 Å². The summed E-state index contributed by atoms with van der Waals surface area (Å²) in [7, 11) is -10.4. The van der Waals surface area contributed by atoms with Crippen LogP contribution in [0.3, 0.4) is 0 Å². The van der Waals surface area contributed by atoms with E-state index in [4.69, 9.17) is 35.4 Å². The van der Waals surface area contributed by atoms with Gasteiger partial charge in [0.05, 0.1) is 56.0 Å². The molecule has 0 fully saturated rings. The number of hydrogen-bond donors (Lipinski definition) is 0. The fourth-order valence-electron chi connectivity index (χ4n) is 4.66. The van der Waals surface area contributed by atoms with Gasteiger partial charge in [-0.1, -0.05) is 12.1 Å². The second-order valence-corrected chi connectivity index (χ2v) is 13.1. The van der Waals surface area contributed by atoms with Crippen molar-refractivity contribution in [2.45, 2.75) is 49.5 Å². The molecular weight excluding hydrogens is 677 g/mol. The first-order valence-electron chi connectivity index (χ1n) is 20.0. The predicted molar refractivity (Wildman–Crippen MR) is 190 cm³/mol. The summed E-state index contributed by atoms with van der Waals surface area (Å²) in [6, 6.07) is 8.77. The summed E-state index contributed by atoms with van der Waals surface area (Å²) in [5.74, 6) is 0.468. The monoisotopic (exact) mass is 724 g/mol. The topological polar surface area (TPSA) is 163 Å². The molecule has 0 aliphatic rings. The van der Waals surface area contributed by atoms with Crippen molar-refractivity contribution in [1.29, 1.82) is 0 Å². The number of imidazole rings is 2. The van der Waals surface area contributed by atoms with Gasteiger partial charge in [-0.05, 0) is 96.4 Å². The summed E-state index contributed by atoms with van der Waals surface area (Å²) in [4.78, 5) is 25.3. The van der Waals surface area contributed by atoms with E-state index in [9.17, 15) is 9.11 Å². The van der Waals surface area contributed by atoms with Gasteiger partial charge in [0.2, 0.25) is 0 Å². The Hall–Kier alpha value is -3.73. The molecule has 2 unspecified atom stereocenters. The average molecular weight is 725 g/mol. The van der Waals surface area contributed by atoms with E-state index < -0.39 is 50.5 Å². The summed E-state index contributed by atoms with van der Waals surface area (Å²) < 4.78 is 132. The van der Waals surface area contributed by atoms with Gasteiger partial charge in [0.25, 0.3) is 0 Å². The van der Waals surface area contributed by atoms with Gasteiger partial charge in [-0.2, -0.15) is 0 Å². The molecule has 0 aliphatic heterocycles. The number of benzene rings is 2. The number of methoxy groups -OCH3 is 4. The molecule has 0 N–H and O–H groups in total. The number of hydrogen-bond acceptors (Lipinski definition) is 10. The van der Waals surface area contributed by atoms with E-state index in [1.165, 1.54) is 48.8 Å². The molecule has 4 aromatic heterocycles. The summed E-state index contributed by atoms with van der Waals surface area (Å²) in [6.07, 6.45) is 2.92. The van der Waals surface area contributed by atoms with Crippen LogP contribution in [-0.4, -0.2) is 80.2 Å². The van der Waals surface area contributed by atoms with E-state index in [1.54, 1.807) is 27.7 Å². The van der Waals surface area contributed by atoms with Gasteiger partial charge < -0.3 is 48.0 Å². The summed E-state index contributed by atoms with van der Waals surface area (Å²) in [6.45, 7) is 6.64. The van der Waals surface area contributed by atoms with Gasteiger partial charge in [-0.15, -0.1) is 0 Å². The molecule has 0 spiro atoms. The van der Waals surface area contributed by atoms with Crippen LogP contribution in [0.2, 0.25) is 0 Å². The van der Waals surface area contributed by atoms with Crippen LogP contribution in [0.1, 0.15) is 50.1 Å². The van der Waals surface area contributed by atoms with Crippen LogP contribution in [0.5, 0.6) is 23.0 Å². The van der Waals surface area contributed by atoms with Crippen LogP contribution in [-0.2, 0) is 33.9 Å². The van der Waals surface area contributed by atoms with Crippen molar-refractivity contribution in [2.75, 3.05) is 28.2 Å². The quantitative estimate of drug-likeness (QED) is 0.142. The van der Waals surface area contributed by atoms with E-state index in [0.29, 0.717) is 55.7 Å². The summed E-state index contributed by atoms with van der Waals surface area (Å²) in [5, 5.41) is 0.104. The Balaban J connectivity index is 0.000000264. The maximum Gasteiger partial charge on any atom is 2.00 e. The number of ether oxygens (including phenoxy) is 4. The minimum absolute atomic E-state index is 0.